The number of hydrogen-bond donors (Lipinski definition) is 1. The number of aryl methyl sites for hydroxylation is 1. The molecule has 154 valence electrons. The van der Waals surface area contributed by atoms with Gasteiger partial charge in [-0.25, -0.2) is 9.78 Å². The average Bonchev–Trinajstić information content (AvgIpc) is 2.74. The van der Waals surface area contributed by atoms with Crippen molar-refractivity contribution in [3.8, 4) is 17.4 Å². The van der Waals surface area contributed by atoms with Crippen molar-refractivity contribution in [1.82, 2.24) is 10.3 Å². The molecule has 1 amide bonds. The second-order valence-electron chi connectivity index (χ2n) is 7.17. The third-order valence-electron chi connectivity index (χ3n) is 4.50. The Bertz CT molecular complexity index is 1000. The zero-order valence-corrected chi connectivity index (χ0v) is 17.2. The summed E-state index contributed by atoms with van der Waals surface area (Å²) in [6, 6.07) is 18.5. The number of amides is 1. The van der Waals surface area contributed by atoms with Crippen LogP contribution in [0.15, 0.2) is 72.9 Å². The van der Waals surface area contributed by atoms with Crippen molar-refractivity contribution in [2.24, 2.45) is 5.92 Å². The molecule has 0 aliphatic carbocycles. The van der Waals surface area contributed by atoms with Crippen molar-refractivity contribution in [1.29, 1.82) is 0 Å². The molecule has 0 bridgehead atoms. The molecular formula is C24H24N2O4. The van der Waals surface area contributed by atoms with Gasteiger partial charge in [0.1, 0.15) is 17.5 Å². The zero-order valence-electron chi connectivity index (χ0n) is 17.2. The number of ether oxygens (including phenoxy) is 2. The molecular weight excluding hydrogens is 380 g/mol. The van der Waals surface area contributed by atoms with Gasteiger partial charge in [-0.15, -0.1) is 0 Å². The van der Waals surface area contributed by atoms with Crippen molar-refractivity contribution >= 4 is 11.9 Å². The van der Waals surface area contributed by atoms with Crippen LogP contribution in [0.2, 0.25) is 0 Å². The van der Waals surface area contributed by atoms with E-state index in [4.69, 9.17) is 9.47 Å². The lowest BCUT2D eigenvalue weighted by Crippen LogP contribution is -2.46. The van der Waals surface area contributed by atoms with Crippen molar-refractivity contribution in [3.05, 3.63) is 84.1 Å². The lowest BCUT2D eigenvalue weighted by atomic mass is 10.0. The van der Waals surface area contributed by atoms with Gasteiger partial charge in [-0.2, -0.15) is 0 Å². The molecule has 0 fully saturated rings. The monoisotopic (exact) mass is 404 g/mol. The quantitative estimate of drug-likeness (QED) is 0.462. The first-order valence-electron chi connectivity index (χ1n) is 9.71. The molecule has 6 nitrogen and oxygen atoms in total. The van der Waals surface area contributed by atoms with Gasteiger partial charge in [0, 0.05) is 17.8 Å². The first-order chi connectivity index (χ1) is 14.4. The third-order valence-corrected chi connectivity index (χ3v) is 4.50. The highest BCUT2D eigenvalue weighted by Gasteiger charge is 2.27. The molecule has 0 saturated heterocycles. The summed E-state index contributed by atoms with van der Waals surface area (Å²) in [5.74, 6) is 0.442. The number of carbonyl (C=O) groups is 2. The molecule has 6 heteroatoms. The Morgan fingerprint density at radius 2 is 1.57 bits per heavy atom. The minimum atomic E-state index is -0.776. The van der Waals surface area contributed by atoms with Crippen LogP contribution in [0.5, 0.6) is 17.4 Å². The maximum atomic E-state index is 12.7. The topological polar surface area (TPSA) is 77.5 Å². The summed E-state index contributed by atoms with van der Waals surface area (Å²) in [5, 5.41) is 2.79. The summed E-state index contributed by atoms with van der Waals surface area (Å²) in [5.41, 5.74) is 1.38. The summed E-state index contributed by atoms with van der Waals surface area (Å²) in [6.45, 7) is 5.56. The van der Waals surface area contributed by atoms with Gasteiger partial charge in [0.2, 0.25) is 5.88 Å². The van der Waals surface area contributed by atoms with Crippen molar-refractivity contribution in [3.63, 3.8) is 0 Å². The second kappa shape index (κ2) is 9.69. The third kappa shape index (κ3) is 5.44. The van der Waals surface area contributed by atoms with E-state index in [9.17, 15) is 9.59 Å². The van der Waals surface area contributed by atoms with E-state index in [0.29, 0.717) is 22.9 Å². The Morgan fingerprint density at radius 1 is 0.900 bits per heavy atom. The summed E-state index contributed by atoms with van der Waals surface area (Å²) >= 11 is 0. The molecule has 0 radical (unpaired) electrons. The summed E-state index contributed by atoms with van der Waals surface area (Å²) in [7, 11) is 0. The van der Waals surface area contributed by atoms with Crippen LogP contribution in [-0.2, 0) is 4.79 Å². The molecule has 30 heavy (non-hydrogen) atoms. The molecule has 1 unspecified atom stereocenters. The fraction of sp³-hybridized carbons (Fsp3) is 0.208. The molecule has 1 atom stereocenters. The first-order valence-corrected chi connectivity index (χ1v) is 9.71. The number of hydrogen-bond acceptors (Lipinski definition) is 5. The number of benzene rings is 2. The summed E-state index contributed by atoms with van der Waals surface area (Å²) in [4.78, 5) is 29.4. The van der Waals surface area contributed by atoms with Crippen LogP contribution >= 0.6 is 0 Å². The summed E-state index contributed by atoms with van der Waals surface area (Å²) in [6.07, 6.45) is 1.64. The van der Waals surface area contributed by atoms with Gasteiger partial charge in [0.05, 0.1) is 0 Å². The fourth-order valence-electron chi connectivity index (χ4n) is 2.83. The highest BCUT2D eigenvalue weighted by Crippen LogP contribution is 2.23. The molecule has 1 heterocycles. The van der Waals surface area contributed by atoms with Crippen LogP contribution in [0.1, 0.15) is 29.8 Å². The van der Waals surface area contributed by atoms with Crippen molar-refractivity contribution in [2.75, 3.05) is 0 Å². The molecule has 0 saturated carbocycles. The lowest BCUT2D eigenvalue weighted by Gasteiger charge is -2.21. The van der Waals surface area contributed by atoms with Gasteiger partial charge in [-0.3, -0.25) is 4.79 Å². The van der Waals surface area contributed by atoms with Crippen LogP contribution in [0, 0.1) is 12.8 Å². The zero-order chi connectivity index (χ0) is 21.5. The minimum Gasteiger partial charge on any atom is -0.439 e. The molecule has 0 spiro atoms. The van der Waals surface area contributed by atoms with Gasteiger partial charge in [-0.05, 0) is 54.8 Å². The van der Waals surface area contributed by atoms with Gasteiger partial charge < -0.3 is 14.8 Å². The molecule has 1 N–H and O–H groups in total. The van der Waals surface area contributed by atoms with E-state index in [1.54, 1.807) is 54.7 Å². The van der Waals surface area contributed by atoms with E-state index in [1.165, 1.54) is 0 Å². The minimum absolute atomic E-state index is 0.141. The van der Waals surface area contributed by atoms with Crippen LogP contribution < -0.4 is 14.8 Å². The maximum absolute atomic E-state index is 12.7. The standard InChI is InChI=1S/C24H24N2O4/c1-16(2)22(26-23(27)20-9-5-4-8-17(20)3)24(28)30-19-13-11-18(12-14-19)29-21-10-6-7-15-25-21/h4-16,22H,1-3H3,(H,26,27). The molecule has 2 aromatic carbocycles. The van der Waals surface area contributed by atoms with E-state index >= 15 is 0 Å². The number of carbonyl (C=O) groups excluding carboxylic acids is 2. The van der Waals surface area contributed by atoms with E-state index < -0.39 is 12.0 Å². The highest BCUT2D eigenvalue weighted by atomic mass is 16.5. The number of esters is 1. The van der Waals surface area contributed by atoms with Crippen molar-refractivity contribution < 1.29 is 19.1 Å². The van der Waals surface area contributed by atoms with E-state index in [-0.39, 0.29) is 11.8 Å². The largest absolute Gasteiger partial charge is 0.439 e. The smallest absolute Gasteiger partial charge is 0.334 e. The lowest BCUT2D eigenvalue weighted by molar-refractivity contribution is -0.137. The van der Waals surface area contributed by atoms with Crippen LogP contribution in [0.25, 0.3) is 0 Å². The SMILES string of the molecule is Cc1ccccc1C(=O)NC(C(=O)Oc1ccc(Oc2ccccn2)cc1)C(C)C. The Balaban J connectivity index is 1.65. The molecule has 0 aliphatic heterocycles. The number of pyridine rings is 1. The molecule has 3 rings (SSSR count). The molecule has 1 aromatic heterocycles. The van der Waals surface area contributed by atoms with E-state index in [0.717, 1.165) is 5.56 Å². The number of aromatic nitrogens is 1. The van der Waals surface area contributed by atoms with Crippen molar-refractivity contribution in [2.45, 2.75) is 26.8 Å². The highest BCUT2D eigenvalue weighted by molar-refractivity contribution is 5.98. The van der Waals surface area contributed by atoms with Gasteiger partial charge >= 0.3 is 5.97 Å². The normalized spacial score (nSPS) is 11.6. The molecule has 3 aromatic rings. The Hall–Kier alpha value is -3.67. The first kappa shape index (κ1) is 21.0. The van der Waals surface area contributed by atoms with Gasteiger partial charge in [0.15, 0.2) is 0 Å². The average molecular weight is 404 g/mol. The Morgan fingerprint density at radius 3 is 2.20 bits per heavy atom. The number of nitrogens with one attached hydrogen (secondary N) is 1. The van der Waals surface area contributed by atoms with E-state index in [2.05, 4.69) is 10.3 Å². The second-order valence-corrected chi connectivity index (χ2v) is 7.17. The van der Waals surface area contributed by atoms with Gasteiger partial charge in [-0.1, -0.05) is 38.1 Å². The fourth-order valence-corrected chi connectivity index (χ4v) is 2.83. The molecule has 0 aliphatic rings. The van der Waals surface area contributed by atoms with Crippen LogP contribution in [0.4, 0.5) is 0 Å². The van der Waals surface area contributed by atoms with Gasteiger partial charge in [0.25, 0.3) is 5.91 Å². The van der Waals surface area contributed by atoms with E-state index in [1.807, 2.05) is 39.0 Å². The Labute approximate surface area is 175 Å². The van der Waals surface area contributed by atoms with Crippen LogP contribution in [0.3, 0.4) is 0 Å². The number of rotatable bonds is 7. The number of nitrogens with zero attached hydrogens (tertiary/aromatic N) is 1. The maximum Gasteiger partial charge on any atom is 0.334 e. The predicted octanol–water partition coefficient (Wildman–Crippen LogP) is 4.54. The van der Waals surface area contributed by atoms with Crippen LogP contribution in [-0.4, -0.2) is 22.9 Å². The predicted molar refractivity (Wildman–Crippen MR) is 114 cm³/mol. The summed E-state index contributed by atoms with van der Waals surface area (Å²) < 4.78 is 11.1. The Kier molecular flexibility index (Phi) is 6.80.